The molecule has 0 unspecified atom stereocenters. The van der Waals surface area contributed by atoms with Crippen LogP contribution >= 0.6 is 11.6 Å². The van der Waals surface area contributed by atoms with Crippen LogP contribution in [0.2, 0.25) is 5.02 Å². The van der Waals surface area contributed by atoms with Gasteiger partial charge in [-0.15, -0.1) is 0 Å². The second-order valence-electron chi connectivity index (χ2n) is 3.72. The molecule has 2 rings (SSSR count). The Morgan fingerprint density at radius 3 is 2.40 bits per heavy atom. The fourth-order valence-electron chi connectivity index (χ4n) is 1.59. The highest BCUT2D eigenvalue weighted by Crippen LogP contribution is 2.40. The second kappa shape index (κ2) is 3.77. The smallest absolute Gasteiger partial charge is 0.181 e. The Balaban J connectivity index is 2.27. The third-order valence-electron chi connectivity index (χ3n) is 2.63. The number of rotatable bonds is 3. The van der Waals surface area contributed by atoms with Crippen molar-refractivity contribution in [3.63, 3.8) is 0 Å². The summed E-state index contributed by atoms with van der Waals surface area (Å²) in [5.41, 5.74) is 0. The first kappa shape index (κ1) is 10.9. The molecule has 1 fully saturated rings. The van der Waals surface area contributed by atoms with Crippen LogP contribution in [0, 0.1) is 5.92 Å². The number of benzene rings is 1. The van der Waals surface area contributed by atoms with Crippen LogP contribution < -0.4 is 0 Å². The molecule has 3 nitrogen and oxygen atoms in total. The summed E-state index contributed by atoms with van der Waals surface area (Å²) in [6.07, 6.45) is 0.557. The van der Waals surface area contributed by atoms with Gasteiger partial charge in [-0.2, -0.15) is 0 Å². The van der Waals surface area contributed by atoms with Crippen LogP contribution in [-0.4, -0.2) is 25.4 Å². The van der Waals surface area contributed by atoms with E-state index in [-0.39, 0.29) is 17.4 Å². The third kappa shape index (κ3) is 2.02. The Hall–Kier alpha value is -0.580. The normalized spacial score (nSPS) is 25.2. The quantitative estimate of drug-likeness (QED) is 0.879. The van der Waals surface area contributed by atoms with Gasteiger partial charge >= 0.3 is 0 Å². The highest BCUT2D eigenvalue weighted by atomic mass is 35.5. The molecule has 82 valence electrons. The molecular weight excluding hydrogens is 236 g/mol. The van der Waals surface area contributed by atoms with Crippen LogP contribution in [0.1, 0.15) is 6.42 Å². The fourth-order valence-corrected chi connectivity index (χ4v) is 3.68. The minimum Gasteiger partial charge on any atom is -0.396 e. The monoisotopic (exact) mass is 246 g/mol. The number of sulfone groups is 1. The van der Waals surface area contributed by atoms with Crippen LogP contribution in [0.15, 0.2) is 29.2 Å². The number of hydrogen-bond acceptors (Lipinski definition) is 3. The summed E-state index contributed by atoms with van der Waals surface area (Å²) in [6, 6.07) is 6.13. The highest BCUT2D eigenvalue weighted by molar-refractivity contribution is 7.92. The number of hydrogen-bond donors (Lipinski definition) is 1. The SMILES string of the molecule is O=S(=O)(c1ccc(Cl)cc1)[C@H]1C[C@H]1CO. The van der Waals surface area contributed by atoms with Gasteiger partial charge in [-0.3, -0.25) is 0 Å². The minimum atomic E-state index is -3.26. The summed E-state index contributed by atoms with van der Waals surface area (Å²) in [6.45, 7) is -0.0580. The van der Waals surface area contributed by atoms with Gasteiger partial charge in [0.2, 0.25) is 0 Å². The molecule has 1 aliphatic rings. The summed E-state index contributed by atoms with van der Waals surface area (Å²) < 4.78 is 23.8. The van der Waals surface area contributed by atoms with Crippen LogP contribution in [0.4, 0.5) is 0 Å². The predicted molar refractivity (Wildman–Crippen MR) is 57.6 cm³/mol. The van der Waals surface area contributed by atoms with E-state index in [9.17, 15) is 8.42 Å². The van der Waals surface area contributed by atoms with Crippen molar-refractivity contribution in [2.45, 2.75) is 16.6 Å². The molecule has 0 saturated heterocycles. The summed E-state index contributed by atoms with van der Waals surface area (Å²) in [5.74, 6) is -0.0920. The van der Waals surface area contributed by atoms with E-state index in [1.807, 2.05) is 0 Å². The van der Waals surface area contributed by atoms with Gasteiger partial charge in [-0.1, -0.05) is 11.6 Å². The van der Waals surface area contributed by atoms with E-state index in [4.69, 9.17) is 16.7 Å². The van der Waals surface area contributed by atoms with E-state index >= 15 is 0 Å². The first-order valence-electron chi connectivity index (χ1n) is 4.66. The molecule has 15 heavy (non-hydrogen) atoms. The maximum Gasteiger partial charge on any atom is 0.181 e. The zero-order valence-electron chi connectivity index (χ0n) is 7.93. The Morgan fingerprint density at radius 2 is 1.93 bits per heavy atom. The number of aliphatic hydroxyl groups is 1. The Kier molecular flexibility index (Phi) is 2.75. The van der Waals surface area contributed by atoms with Crippen molar-refractivity contribution in [1.82, 2.24) is 0 Å². The lowest BCUT2D eigenvalue weighted by molar-refractivity contribution is 0.277. The van der Waals surface area contributed by atoms with Crippen LogP contribution in [-0.2, 0) is 9.84 Å². The van der Waals surface area contributed by atoms with Gasteiger partial charge < -0.3 is 5.11 Å². The van der Waals surface area contributed by atoms with Crippen molar-refractivity contribution in [1.29, 1.82) is 0 Å². The molecule has 1 saturated carbocycles. The van der Waals surface area contributed by atoms with E-state index in [0.29, 0.717) is 11.4 Å². The highest BCUT2D eigenvalue weighted by Gasteiger charge is 2.47. The molecule has 0 bridgehead atoms. The van der Waals surface area contributed by atoms with Crippen molar-refractivity contribution < 1.29 is 13.5 Å². The zero-order chi connectivity index (χ0) is 11.1. The summed E-state index contributed by atoms with van der Waals surface area (Å²) in [7, 11) is -3.26. The van der Waals surface area contributed by atoms with Crippen LogP contribution in [0.5, 0.6) is 0 Å². The molecule has 1 aromatic carbocycles. The zero-order valence-corrected chi connectivity index (χ0v) is 9.50. The van der Waals surface area contributed by atoms with Crippen molar-refractivity contribution in [3.05, 3.63) is 29.3 Å². The van der Waals surface area contributed by atoms with E-state index in [2.05, 4.69) is 0 Å². The van der Waals surface area contributed by atoms with Crippen molar-refractivity contribution >= 4 is 21.4 Å². The standard InChI is InChI=1S/C10H11ClO3S/c11-8-1-3-9(4-2-8)15(13,14)10-5-7(10)6-12/h1-4,7,10,12H,5-6H2/t7-,10-/m0/s1. The molecule has 0 aromatic heterocycles. The van der Waals surface area contributed by atoms with Crippen LogP contribution in [0.3, 0.4) is 0 Å². The molecule has 0 radical (unpaired) electrons. The fraction of sp³-hybridized carbons (Fsp3) is 0.400. The van der Waals surface area contributed by atoms with Gasteiger partial charge in [0.05, 0.1) is 10.1 Å². The largest absolute Gasteiger partial charge is 0.396 e. The molecule has 2 atom stereocenters. The van der Waals surface area contributed by atoms with Gasteiger partial charge in [-0.25, -0.2) is 8.42 Å². The number of halogens is 1. The minimum absolute atomic E-state index is 0.0580. The van der Waals surface area contributed by atoms with Gasteiger partial charge in [-0.05, 0) is 30.7 Å². The van der Waals surface area contributed by atoms with Gasteiger partial charge in [0.15, 0.2) is 9.84 Å². The molecule has 1 aromatic rings. The summed E-state index contributed by atoms with van der Waals surface area (Å²) in [5, 5.41) is 8.95. The van der Waals surface area contributed by atoms with Gasteiger partial charge in [0.25, 0.3) is 0 Å². The van der Waals surface area contributed by atoms with Crippen molar-refractivity contribution in [3.8, 4) is 0 Å². The molecule has 5 heteroatoms. The lowest BCUT2D eigenvalue weighted by Gasteiger charge is -2.02. The first-order chi connectivity index (χ1) is 7.05. The topological polar surface area (TPSA) is 54.4 Å². The summed E-state index contributed by atoms with van der Waals surface area (Å²) in [4.78, 5) is 0.285. The Bertz CT molecular complexity index is 452. The molecule has 0 aliphatic heterocycles. The van der Waals surface area contributed by atoms with Crippen molar-refractivity contribution in [2.24, 2.45) is 5.92 Å². The first-order valence-corrected chi connectivity index (χ1v) is 6.58. The maximum absolute atomic E-state index is 11.9. The number of aliphatic hydroxyl groups excluding tert-OH is 1. The predicted octanol–water partition coefficient (Wildman–Crippen LogP) is 1.49. The Labute approximate surface area is 93.6 Å². The molecular formula is C10H11ClO3S. The van der Waals surface area contributed by atoms with E-state index in [1.165, 1.54) is 12.1 Å². The van der Waals surface area contributed by atoms with Gasteiger partial charge in [0, 0.05) is 17.5 Å². The summed E-state index contributed by atoms with van der Waals surface area (Å²) >= 11 is 5.68. The van der Waals surface area contributed by atoms with E-state index in [1.54, 1.807) is 12.1 Å². The van der Waals surface area contributed by atoms with E-state index in [0.717, 1.165) is 0 Å². The Morgan fingerprint density at radius 1 is 1.33 bits per heavy atom. The molecule has 0 heterocycles. The molecule has 0 spiro atoms. The third-order valence-corrected chi connectivity index (χ3v) is 5.19. The lowest BCUT2D eigenvalue weighted by atomic mass is 10.4. The second-order valence-corrected chi connectivity index (χ2v) is 6.32. The molecule has 1 N–H and O–H groups in total. The van der Waals surface area contributed by atoms with Crippen molar-refractivity contribution in [2.75, 3.05) is 6.61 Å². The molecule has 0 amide bonds. The maximum atomic E-state index is 11.9. The average Bonchev–Trinajstić information content (AvgIpc) is 2.98. The van der Waals surface area contributed by atoms with Crippen LogP contribution in [0.25, 0.3) is 0 Å². The van der Waals surface area contributed by atoms with Gasteiger partial charge in [0.1, 0.15) is 0 Å². The molecule has 1 aliphatic carbocycles. The average molecular weight is 247 g/mol. The lowest BCUT2D eigenvalue weighted by Crippen LogP contribution is -2.10. The van der Waals surface area contributed by atoms with E-state index < -0.39 is 15.1 Å².